The minimum absolute atomic E-state index is 0.000208. The zero-order valence-corrected chi connectivity index (χ0v) is 9.58. The summed E-state index contributed by atoms with van der Waals surface area (Å²) >= 11 is 0. The van der Waals surface area contributed by atoms with Crippen molar-refractivity contribution in [2.45, 2.75) is 51.6 Å². The Kier molecular flexibility index (Phi) is 2.53. The van der Waals surface area contributed by atoms with Crippen molar-refractivity contribution in [3.8, 4) is 0 Å². The van der Waals surface area contributed by atoms with Gasteiger partial charge in [0.25, 0.3) is 0 Å². The maximum atomic E-state index is 11.8. The second kappa shape index (κ2) is 3.48. The molecule has 0 saturated heterocycles. The number of hydrogen-bond acceptors (Lipinski definition) is 3. The van der Waals surface area contributed by atoms with Crippen LogP contribution in [0.4, 0.5) is 0 Å². The summed E-state index contributed by atoms with van der Waals surface area (Å²) in [5.41, 5.74) is -0.517. The van der Waals surface area contributed by atoms with Crippen LogP contribution >= 0.6 is 0 Å². The monoisotopic (exact) mass is 212 g/mol. The first-order chi connectivity index (χ1) is 6.99. The molecule has 2 aliphatic carbocycles. The molecule has 15 heavy (non-hydrogen) atoms. The fraction of sp³-hybridized carbons (Fsp3) is 0.917. The molecule has 0 aromatic carbocycles. The largest absolute Gasteiger partial charge is 0.466 e. The van der Waals surface area contributed by atoms with E-state index in [-0.39, 0.29) is 17.3 Å². The van der Waals surface area contributed by atoms with Gasteiger partial charge in [0, 0.05) is 0 Å². The minimum Gasteiger partial charge on any atom is -0.466 e. The van der Waals surface area contributed by atoms with Crippen LogP contribution in [0.1, 0.15) is 46.0 Å². The standard InChI is InChI=1S/C12H20O3/c1-3-15-10(13)9-4-5-12(14)7-6-11(9,2)8-12/h9,14H,3-8H2,1-2H3. The molecule has 2 bridgehead atoms. The lowest BCUT2D eigenvalue weighted by atomic mass is 9.68. The molecule has 0 spiro atoms. The zero-order valence-electron chi connectivity index (χ0n) is 9.58. The Labute approximate surface area is 90.8 Å². The first-order valence-electron chi connectivity index (χ1n) is 5.88. The summed E-state index contributed by atoms with van der Waals surface area (Å²) in [7, 11) is 0. The lowest BCUT2D eigenvalue weighted by Crippen LogP contribution is -2.41. The Hall–Kier alpha value is -0.570. The van der Waals surface area contributed by atoms with E-state index in [2.05, 4.69) is 6.92 Å². The van der Waals surface area contributed by atoms with Crippen molar-refractivity contribution in [2.75, 3.05) is 6.61 Å². The second-order valence-corrected chi connectivity index (χ2v) is 5.40. The zero-order chi connectivity index (χ0) is 11.1. The van der Waals surface area contributed by atoms with Gasteiger partial charge in [0.2, 0.25) is 0 Å². The van der Waals surface area contributed by atoms with E-state index < -0.39 is 5.60 Å². The van der Waals surface area contributed by atoms with Crippen LogP contribution in [-0.2, 0) is 9.53 Å². The average Bonchev–Trinajstić information content (AvgIpc) is 2.38. The number of carbonyl (C=O) groups is 1. The molecular formula is C12H20O3. The summed E-state index contributed by atoms with van der Waals surface area (Å²) in [4.78, 5) is 11.8. The summed E-state index contributed by atoms with van der Waals surface area (Å²) in [5.74, 6) is -0.0656. The number of carbonyl (C=O) groups excluding carboxylic acids is 1. The molecule has 0 aliphatic heterocycles. The van der Waals surface area contributed by atoms with E-state index in [1.54, 1.807) is 0 Å². The van der Waals surface area contributed by atoms with Gasteiger partial charge in [-0.2, -0.15) is 0 Å². The SMILES string of the molecule is CCOC(=O)C1CCC2(O)CCC1(C)C2. The van der Waals surface area contributed by atoms with E-state index in [9.17, 15) is 9.90 Å². The number of rotatable bonds is 2. The first-order valence-corrected chi connectivity index (χ1v) is 5.88. The molecule has 2 saturated carbocycles. The third-order valence-electron chi connectivity index (χ3n) is 4.21. The van der Waals surface area contributed by atoms with Gasteiger partial charge in [0.05, 0.1) is 18.1 Å². The molecule has 2 rings (SSSR count). The van der Waals surface area contributed by atoms with Crippen molar-refractivity contribution in [1.29, 1.82) is 0 Å². The molecule has 3 nitrogen and oxygen atoms in total. The molecule has 0 radical (unpaired) electrons. The molecule has 2 aliphatic rings. The van der Waals surface area contributed by atoms with E-state index in [0.29, 0.717) is 6.61 Å². The third kappa shape index (κ3) is 1.78. The fourth-order valence-corrected chi connectivity index (χ4v) is 3.36. The number of esters is 1. The normalized spacial score (nSPS) is 44.1. The summed E-state index contributed by atoms with van der Waals surface area (Å²) < 4.78 is 5.11. The lowest BCUT2D eigenvalue weighted by molar-refractivity contribution is -0.156. The Morgan fingerprint density at radius 3 is 2.87 bits per heavy atom. The van der Waals surface area contributed by atoms with Gasteiger partial charge < -0.3 is 9.84 Å². The lowest BCUT2D eigenvalue weighted by Gasteiger charge is -2.39. The highest BCUT2D eigenvalue weighted by Crippen LogP contribution is 2.56. The summed E-state index contributed by atoms with van der Waals surface area (Å²) in [6.45, 7) is 4.41. The molecule has 1 N–H and O–H groups in total. The molecule has 3 heteroatoms. The highest BCUT2D eigenvalue weighted by atomic mass is 16.5. The van der Waals surface area contributed by atoms with Crippen LogP contribution in [0.15, 0.2) is 0 Å². The van der Waals surface area contributed by atoms with Gasteiger partial charge >= 0.3 is 5.97 Å². The third-order valence-corrected chi connectivity index (χ3v) is 4.21. The van der Waals surface area contributed by atoms with Crippen LogP contribution in [0.3, 0.4) is 0 Å². The van der Waals surface area contributed by atoms with Gasteiger partial charge in [0.1, 0.15) is 0 Å². The number of aliphatic hydroxyl groups is 1. The van der Waals surface area contributed by atoms with Crippen molar-refractivity contribution in [2.24, 2.45) is 11.3 Å². The maximum Gasteiger partial charge on any atom is 0.309 e. The highest BCUT2D eigenvalue weighted by Gasteiger charge is 2.54. The van der Waals surface area contributed by atoms with Crippen LogP contribution in [-0.4, -0.2) is 23.3 Å². The molecule has 0 heterocycles. The summed E-state index contributed by atoms with van der Waals surface area (Å²) in [6, 6.07) is 0. The molecule has 0 aromatic heterocycles. The van der Waals surface area contributed by atoms with E-state index in [1.165, 1.54) is 0 Å². The number of ether oxygens (including phenoxy) is 1. The fourth-order valence-electron chi connectivity index (χ4n) is 3.36. The average molecular weight is 212 g/mol. The molecule has 2 fully saturated rings. The summed E-state index contributed by atoms with van der Waals surface area (Å²) in [5, 5.41) is 10.2. The Morgan fingerprint density at radius 2 is 2.20 bits per heavy atom. The Morgan fingerprint density at radius 1 is 1.47 bits per heavy atom. The second-order valence-electron chi connectivity index (χ2n) is 5.40. The van der Waals surface area contributed by atoms with Crippen LogP contribution < -0.4 is 0 Å². The molecule has 3 atom stereocenters. The Bertz CT molecular complexity index is 276. The van der Waals surface area contributed by atoms with Gasteiger partial charge in [-0.25, -0.2) is 0 Å². The van der Waals surface area contributed by atoms with Gasteiger partial charge in [-0.1, -0.05) is 6.92 Å². The number of hydrogen-bond donors (Lipinski definition) is 1. The van der Waals surface area contributed by atoms with E-state index in [1.807, 2.05) is 6.92 Å². The van der Waals surface area contributed by atoms with Gasteiger partial charge in [-0.15, -0.1) is 0 Å². The van der Waals surface area contributed by atoms with E-state index >= 15 is 0 Å². The predicted octanol–water partition coefficient (Wildman–Crippen LogP) is 1.88. The highest BCUT2D eigenvalue weighted by molar-refractivity contribution is 5.73. The molecule has 0 amide bonds. The summed E-state index contributed by atoms with van der Waals surface area (Å²) in [6.07, 6.45) is 4.10. The minimum atomic E-state index is -0.488. The van der Waals surface area contributed by atoms with Gasteiger partial charge in [0.15, 0.2) is 0 Å². The van der Waals surface area contributed by atoms with Gasteiger partial charge in [-0.05, 0) is 44.4 Å². The molecule has 0 aromatic rings. The van der Waals surface area contributed by atoms with Crippen LogP contribution in [0.2, 0.25) is 0 Å². The topological polar surface area (TPSA) is 46.5 Å². The van der Waals surface area contributed by atoms with Crippen molar-refractivity contribution in [1.82, 2.24) is 0 Å². The molecular weight excluding hydrogens is 192 g/mol. The van der Waals surface area contributed by atoms with E-state index in [4.69, 9.17) is 4.74 Å². The quantitative estimate of drug-likeness (QED) is 0.711. The maximum absolute atomic E-state index is 11.8. The van der Waals surface area contributed by atoms with E-state index in [0.717, 1.165) is 32.1 Å². The van der Waals surface area contributed by atoms with Crippen molar-refractivity contribution < 1.29 is 14.6 Å². The van der Waals surface area contributed by atoms with Crippen molar-refractivity contribution >= 4 is 5.97 Å². The predicted molar refractivity (Wildman–Crippen MR) is 56.3 cm³/mol. The van der Waals surface area contributed by atoms with Crippen LogP contribution in [0.25, 0.3) is 0 Å². The van der Waals surface area contributed by atoms with Crippen LogP contribution in [0.5, 0.6) is 0 Å². The van der Waals surface area contributed by atoms with Gasteiger partial charge in [-0.3, -0.25) is 4.79 Å². The van der Waals surface area contributed by atoms with Crippen LogP contribution in [0, 0.1) is 11.3 Å². The van der Waals surface area contributed by atoms with Crippen molar-refractivity contribution in [3.05, 3.63) is 0 Å². The Balaban J connectivity index is 2.12. The molecule has 86 valence electrons. The first kappa shape index (κ1) is 10.9. The molecule has 3 unspecified atom stereocenters. The number of fused-ring (bicyclic) bond motifs is 2. The van der Waals surface area contributed by atoms with Crippen molar-refractivity contribution in [3.63, 3.8) is 0 Å². The smallest absolute Gasteiger partial charge is 0.309 e.